The fourth-order valence-electron chi connectivity index (χ4n) is 1.34. The van der Waals surface area contributed by atoms with Crippen LogP contribution in [0.3, 0.4) is 0 Å². The molecule has 0 saturated heterocycles. The van der Waals surface area contributed by atoms with Crippen molar-refractivity contribution in [1.29, 1.82) is 0 Å². The van der Waals surface area contributed by atoms with Crippen LogP contribution in [0.4, 0.5) is 0 Å². The largest absolute Gasteiger partial charge is 0.242 e. The standard InChI is InChI=1S/C9H15N.2C2H6/c1-6-7(2)10-8(3)9(6,4)5;2*1-2/h8H,1H2,2-5H3;2*1-2H3/p+1. The van der Waals surface area contributed by atoms with Gasteiger partial charge in [-0.1, -0.05) is 34.3 Å². The fraction of sp³-hybridized carbons (Fsp3) is 0.769. The van der Waals surface area contributed by atoms with Crippen LogP contribution in [0.15, 0.2) is 12.2 Å². The number of hydrogen-bond donors (Lipinski definition) is 1. The molecular weight excluding hydrogens is 170 g/mol. The zero-order chi connectivity index (χ0) is 11.9. The minimum atomic E-state index is 0.240. The molecule has 1 heteroatoms. The fourth-order valence-corrected chi connectivity index (χ4v) is 1.34. The van der Waals surface area contributed by atoms with Gasteiger partial charge in [0.2, 0.25) is 0 Å². The Labute approximate surface area is 90.3 Å². The number of nitrogens with one attached hydrogen (secondary N) is 1. The van der Waals surface area contributed by atoms with Crippen molar-refractivity contribution in [1.82, 2.24) is 0 Å². The summed E-state index contributed by atoms with van der Waals surface area (Å²) in [5.41, 5.74) is 2.74. The summed E-state index contributed by atoms with van der Waals surface area (Å²) in [5.74, 6) is 0. The topological polar surface area (TPSA) is 14.0 Å². The van der Waals surface area contributed by atoms with Crippen molar-refractivity contribution < 1.29 is 4.99 Å². The summed E-state index contributed by atoms with van der Waals surface area (Å²) in [7, 11) is 0. The van der Waals surface area contributed by atoms with Gasteiger partial charge in [-0.25, -0.2) is 4.99 Å². The van der Waals surface area contributed by atoms with E-state index in [1.165, 1.54) is 11.3 Å². The molecule has 1 atom stereocenters. The Hall–Kier alpha value is -0.590. The van der Waals surface area contributed by atoms with Crippen LogP contribution in [0.25, 0.3) is 0 Å². The average Bonchev–Trinajstić information content (AvgIpc) is 2.37. The van der Waals surface area contributed by atoms with Crippen molar-refractivity contribution in [2.45, 2.75) is 61.4 Å². The molecule has 0 spiro atoms. The molecule has 84 valence electrons. The van der Waals surface area contributed by atoms with E-state index in [0.717, 1.165) is 0 Å². The van der Waals surface area contributed by atoms with Crippen molar-refractivity contribution in [3.8, 4) is 0 Å². The maximum Gasteiger partial charge on any atom is 0.174 e. The number of hydrogen-bond acceptors (Lipinski definition) is 0. The molecule has 0 aromatic heterocycles. The second-order valence-corrected chi connectivity index (χ2v) is 3.69. The molecule has 0 radical (unpaired) electrons. The van der Waals surface area contributed by atoms with E-state index >= 15 is 0 Å². The second kappa shape index (κ2) is 6.80. The lowest BCUT2D eigenvalue weighted by atomic mass is 9.80. The van der Waals surface area contributed by atoms with Gasteiger partial charge < -0.3 is 0 Å². The minimum Gasteiger partial charge on any atom is -0.242 e. The van der Waals surface area contributed by atoms with Crippen LogP contribution in [-0.4, -0.2) is 11.8 Å². The van der Waals surface area contributed by atoms with Crippen LogP contribution < -0.4 is 4.99 Å². The summed E-state index contributed by atoms with van der Waals surface area (Å²) < 4.78 is 0. The van der Waals surface area contributed by atoms with Gasteiger partial charge in [0.15, 0.2) is 11.8 Å². The molecular formula is C13H28N+. The van der Waals surface area contributed by atoms with E-state index in [2.05, 4.69) is 39.3 Å². The Morgan fingerprint density at radius 2 is 1.50 bits per heavy atom. The van der Waals surface area contributed by atoms with Gasteiger partial charge >= 0.3 is 0 Å². The van der Waals surface area contributed by atoms with E-state index in [-0.39, 0.29) is 5.41 Å². The SMILES string of the molecule is C=C1C(C)=[NH+]C(C)C1(C)C.CC.CC. The van der Waals surface area contributed by atoms with Crippen molar-refractivity contribution in [2.75, 3.05) is 0 Å². The normalized spacial score (nSPS) is 22.7. The predicted octanol–water partition coefficient (Wildman–Crippen LogP) is 2.56. The van der Waals surface area contributed by atoms with Crippen LogP contribution in [0.1, 0.15) is 55.4 Å². The minimum absolute atomic E-state index is 0.240. The molecule has 0 aromatic carbocycles. The molecule has 1 aliphatic heterocycles. The molecule has 0 aliphatic carbocycles. The van der Waals surface area contributed by atoms with Crippen molar-refractivity contribution in [3.05, 3.63) is 12.2 Å². The highest BCUT2D eigenvalue weighted by atomic mass is 14.9. The van der Waals surface area contributed by atoms with Crippen molar-refractivity contribution >= 4 is 5.71 Å². The van der Waals surface area contributed by atoms with E-state index in [0.29, 0.717) is 6.04 Å². The molecule has 0 saturated carbocycles. The third-order valence-electron chi connectivity index (χ3n) is 2.75. The van der Waals surface area contributed by atoms with Crippen molar-refractivity contribution in [3.63, 3.8) is 0 Å². The molecule has 0 aromatic rings. The Bertz CT molecular complexity index is 199. The summed E-state index contributed by atoms with van der Waals surface area (Å²) in [4.78, 5) is 3.37. The Kier molecular flexibility index (Phi) is 7.71. The smallest absolute Gasteiger partial charge is 0.174 e. The van der Waals surface area contributed by atoms with Crippen LogP contribution in [0, 0.1) is 5.41 Å². The summed E-state index contributed by atoms with van der Waals surface area (Å²) in [5, 5.41) is 0. The first-order valence-corrected chi connectivity index (χ1v) is 5.76. The highest BCUT2D eigenvalue weighted by Gasteiger charge is 2.40. The molecule has 0 bridgehead atoms. The zero-order valence-electron chi connectivity index (χ0n) is 11.3. The average molecular weight is 198 g/mol. The van der Waals surface area contributed by atoms with Crippen molar-refractivity contribution in [2.24, 2.45) is 5.41 Å². The van der Waals surface area contributed by atoms with Crippen LogP contribution in [-0.2, 0) is 0 Å². The predicted molar refractivity (Wildman–Crippen MR) is 66.7 cm³/mol. The summed E-state index contributed by atoms with van der Waals surface area (Å²) in [6.07, 6.45) is 0. The monoisotopic (exact) mass is 198 g/mol. The van der Waals surface area contributed by atoms with E-state index in [1.54, 1.807) is 0 Å². The first kappa shape index (κ1) is 15.9. The lowest BCUT2D eigenvalue weighted by Crippen LogP contribution is -2.76. The first-order chi connectivity index (χ1) is 6.46. The molecule has 1 nitrogen and oxygen atoms in total. The Morgan fingerprint density at radius 1 is 1.14 bits per heavy atom. The van der Waals surface area contributed by atoms with Gasteiger partial charge in [0.25, 0.3) is 0 Å². The van der Waals surface area contributed by atoms with Gasteiger partial charge in [-0.3, -0.25) is 0 Å². The van der Waals surface area contributed by atoms with Crippen LogP contribution in [0.5, 0.6) is 0 Å². The molecule has 0 fully saturated rings. The summed E-state index contributed by atoms with van der Waals surface area (Å²) in [6.45, 7) is 20.8. The van der Waals surface area contributed by atoms with Gasteiger partial charge in [0, 0.05) is 12.5 Å². The van der Waals surface area contributed by atoms with E-state index in [4.69, 9.17) is 0 Å². The van der Waals surface area contributed by atoms with Crippen LogP contribution >= 0.6 is 0 Å². The molecule has 0 amide bonds. The third kappa shape index (κ3) is 3.28. The molecule has 1 heterocycles. The quantitative estimate of drug-likeness (QED) is 0.615. The maximum atomic E-state index is 4.04. The van der Waals surface area contributed by atoms with Gasteiger partial charge in [-0.05, 0) is 20.8 Å². The number of rotatable bonds is 0. The van der Waals surface area contributed by atoms with E-state index < -0.39 is 0 Å². The summed E-state index contributed by atoms with van der Waals surface area (Å²) >= 11 is 0. The summed E-state index contributed by atoms with van der Waals surface area (Å²) in [6, 6.07) is 0.528. The third-order valence-corrected chi connectivity index (χ3v) is 2.75. The first-order valence-electron chi connectivity index (χ1n) is 5.76. The second-order valence-electron chi connectivity index (χ2n) is 3.69. The lowest BCUT2D eigenvalue weighted by Gasteiger charge is -2.18. The Morgan fingerprint density at radius 3 is 1.57 bits per heavy atom. The van der Waals surface area contributed by atoms with Crippen LogP contribution in [0.2, 0.25) is 0 Å². The molecule has 14 heavy (non-hydrogen) atoms. The van der Waals surface area contributed by atoms with Gasteiger partial charge in [0.1, 0.15) is 0 Å². The molecule has 1 aliphatic rings. The van der Waals surface area contributed by atoms with E-state index in [1.807, 2.05) is 27.7 Å². The highest BCUT2D eigenvalue weighted by Crippen LogP contribution is 2.29. The highest BCUT2D eigenvalue weighted by molar-refractivity contribution is 5.95. The Balaban J connectivity index is 0. The zero-order valence-corrected chi connectivity index (χ0v) is 11.3. The molecule has 1 N–H and O–H groups in total. The van der Waals surface area contributed by atoms with E-state index in [9.17, 15) is 0 Å². The lowest BCUT2D eigenvalue weighted by molar-refractivity contribution is -0.503. The van der Waals surface area contributed by atoms with Gasteiger partial charge in [-0.15, -0.1) is 0 Å². The van der Waals surface area contributed by atoms with Gasteiger partial charge in [0.05, 0.1) is 5.41 Å². The van der Waals surface area contributed by atoms with Gasteiger partial charge in [-0.2, -0.15) is 0 Å². The molecule has 1 rings (SSSR count). The maximum absolute atomic E-state index is 4.04. The molecule has 1 unspecified atom stereocenters.